The van der Waals surface area contributed by atoms with Gasteiger partial charge in [-0.05, 0) is 27.2 Å². The van der Waals surface area contributed by atoms with Crippen LogP contribution in [-0.2, 0) is 9.53 Å². The Morgan fingerprint density at radius 2 is 2.05 bits per heavy atom. The minimum absolute atomic E-state index is 0.0281. The summed E-state index contributed by atoms with van der Waals surface area (Å²) in [6, 6.07) is -0.146. The van der Waals surface area contributed by atoms with Crippen LogP contribution in [0.1, 0.15) is 33.6 Å². The van der Waals surface area contributed by atoms with Gasteiger partial charge in [-0.1, -0.05) is 0 Å². The van der Waals surface area contributed by atoms with Gasteiger partial charge < -0.3 is 4.74 Å². The molecule has 0 aromatic carbocycles. The Bertz CT molecular complexity index is 305. The van der Waals surface area contributed by atoms with Gasteiger partial charge in [-0.15, -0.1) is 0 Å². The molecule has 1 aliphatic rings. The van der Waals surface area contributed by atoms with E-state index in [2.05, 4.69) is 0 Å². The number of likely N-dealkylation sites (tertiary alicyclic amines) is 1. The number of halogens is 3. The first kappa shape index (κ1) is 16.4. The highest BCUT2D eigenvalue weighted by molar-refractivity contribution is 5.75. The largest absolute Gasteiger partial charge is 0.393 e. The molecule has 3 nitrogen and oxygen atoms in total. The fourth-order valence-electron chi connectivity index (χ4n) is 2.41. The zero-order valence-electron chi connectivity index (χ0n) is 11.7. The van der Waals surface area contributed by atoms with Crippen LogP contribution in [-0.4, -0.2) is 48.7 Å². The van der Waals surface area contributed by atoms with Crippen LogP contribution in [0.4, 0.5) is 13.2 Å². The molecule has 19 heavy (non-hydrogen) atoms. The summed E-state index contributed by atoms with van der Waals surface area (Å²) < 4.78 is 43.6. The van der Waals surface area contributed by atoms with E-state index in [1.807, 2.05) is 18.7 Å². The highest BCUT2D eigenvalue weighted by Gasteiger charge is 2.47. The van der Waals surface area contributed by atoms with Gasteiger partial charge in [-0.25, -0.2) is 0 Å². The minimum atomic E-state index is -4.14. The first-order chi connectivity index (χ1) is 8.71. The SMILES string of the molecule is CC(=O)CCOC[C@@H]1C[C@H](C(F)(F)F)CN1C(C)C. The predicted molar refractivity (Wildman–Crippen MR) is 65.9 cm³/mol. The number of hydrogen-bond donors (Lipinski definition) is 0. The molecule has 0 aromatic rings. The van der Waals surface area contributed by atoms with E-state index in [-0.39, 0.29) is 44.0 Å². The summed E-state index contributed by atoms with van der Waals surface area (Å²) in [7, 11) is 0. The predicted octanol–water partition coefficient (Wildman–Crippen LogP) is 2.64. The van der Waals surface area contributed by atoms with Gasteiger partial charge in [-0.2, -0.15) is 13.2 Å². The van der Waals surface area contributed by atoms with Crippen molar-refractivity contribution in [2.75, 3.05) is 19.8 Å². The van der Waals surface area contributed by atoms with Crippen molar-refractivity contribution in [2.24, 2.45) is 5.92 Å². The van der Waals surface area contributed by atoms with Crippen molar-refractivity contribution in [3.63, 3.8) is 0 Å². The van der Waals surface area contributed by atoms with E-state index in [0.29, 0.717) is 6.42 Å². The standard InChI is InChI=1S/C13H22F3NO2/c1-9(2)17-7-11(13(14,15)16)6-12(17)8-19-5-4-10(3)18/h9,11-12H,4-8H2,1-3H3/t11-,12-/m0/s1. The lowest BCUT2D eigenvalue weighted by atomic mass is 10.1. The number of carbonyl (C=O) groups is 1. The number of ether oxygens (including phenoxy) is 1. The topological polar surface area (TPSA) is 29.5 Å². The van der Waals surface area contributed by atoms with E-state index in [1.54, 1.807) is 0 Å². The molecule has 0 N–H and O–H groups in total. The van der Waals surface area contributed by atoms with Gasteiger partial charge in [0.25, 0.3) is 0 Å². The molecule has 2 atom stereocenters. The van der Waals surface area contributed by atoms with E-state index < -0.39 is 12.1 Å². The number of carbonyl (C=O) groups excluding carboxylic acids is 1. The number of rotatable bonds is 6. The Balaban J connectivity index is 2.48. The first-order valence-electron chi connectivity index (χ1n) is 6.61. The van der Waals surface area contributed by atoms with Crippen molar-refractivity contribution in [3.05, 3.63) is 0 Å². The Labute approximate surface area is 112 Å². The van der Waals surface area contributed by atoms with Crippen LogP contribution >= 0.6 is 0 Å². The molecule has 1 heterocycles. The van der Waals surface area contributed by atoms with E-state index in [0.717, 1.165) is 0 Å². The second kappa shape index (κ2) is 6.70. The van der Waals surface area contributed by atoms with Gasteiger partial charge in [0.15, 0.2) is 0 Å². The second-order valence-corrected chi connectivity index (χ2v) is 5.45. The Morgan fingerprint density at radius 3 is 2.53 bits per heavy atom. The lowest BCUT2D eigenvalue weighted by Gasteiger charge is -2.28. The maximum absolute atomic E-state index is 12.8. The zero-order valence-corrected chi connectivity index (χ0v) is 11.7. The summed E-state index contributed by atoms with van der Waals surface area (Å²) in [5.74, 6) is -1.24. The average molecular weight is 281 g/mol. The van der Waals surface area contributed by atoms with Crippen LogP contribution in [0.25, 0.3) is 0 Å². The number of ketones is 1. The van der Waals surface area contributed by atoms with Gasteiger partial charge in [0.1, 0.15) is 5.78 Å². The quantitative estimate of drug-likeness (QED) is 0.701. The van der Waals surface area contributed by atoms with Crippen molar-refractivity contribution < 1.29 is 22.7 Å². The fourth-order valence-corrected chi connectivity index (χ4v) is 2.41. The first-order valence-corrected chi connectivity index (χ1v) is 6.61. The fraction of sp³-hybridized carbons (Fsp3) is 0.923. The van der Waals surface area contributed by atoms with Crippen molar-refractivity contribution in [1.29, 1.82) is 0 Å². The maximum Gasteiger partial charge on any atom is 0.393 e. The van der Waals surface area contributed by atoms with Crippen LogP contribution in [0, 0.1) is 5.92 Å². The van der Waals surface area contributed by atoms with Gasteiger partial charge in [0.2, 0.25) is 0 Å². The second-order valence-electron chi connectivity index (χ2n) is 5.45. The van der Waals surface area contributed by atoms with Gasteiger partial charge in [0, 0.05) is 25.0 Å². The molecule has 1 saturated heterocycles. The summed E-state index contributed by atoms with van der Waals surface area (Å²) in [5, 5.41) is 0. The van der Waals surface area contributed by atoms with E-state index >= 15 is 0 Å². The average Bonchev–Trinajstić information content (AvgIpc) is 2.67. The molecule has 112 valence electrons. The van der Waals surface area contributed by atoms with Crippen LogP contribution in [0.5, 0.6) is 0 Å². The molecular weight excluding hydrogens is 259 g/mol. The lowest BCUT2D eigenvalue weighted by molar-refractivity contribution is -0.171. The van der Waals surface area contributed by atoms with Crippen molar-refractivity contribution in [2.45, 2.75) is 51.9 Å². The summed E-state index contributed by atoms with van der Waals surface area (Å²) in [6.45, 7) is 5.84. The van der Waals surface area contributed by atoms with Crippen LogP contribution in [0.15, 0.2) is 0 Å². The van der Waals surface area contributed by atoms with E-state index in [1.165, 1.54) is 6.92 Å². The molecule has 1 aliphatic heterocycles. The molecule has 0 radical (unpaired) electrons. The zero-order chi connectivity index (χ0) is 14.6. The summed E-state index contributed by atoms with van der Waals surface area (Å²) in [4.78, 5) is 12.6. The Morgan fingerprint density at radius 1 is 1.42 bits per heavy atom. The number of hydrogen-bond acceptors (Lipinski definition) is 3. The lowest BCUT2D eigenvalue weighted by Crippen LogP contribution is -2.38. The molecule has 0 aromatic heterocycles. The Kier molecular flexibility index (Phi) is 5.80. The summed E-state index contributed by atoms with van der Waals surface area (Å²) in [6.07, 6.45) is -3.74. The molecule has 1 rings (SSSR count). The third-order valence-corrected chi connectivity index (χ3v) is 3.49. The summed E-state index contributed by atoms with van der Waals surface area (Å²) in [5.41, 5.74) is 0. The van der Waals surface area contributed by atoms with Crippen LogP contribution in [0.3, 0.4) is 0 Å². The van der Waals surface area contributed by atoms with Crippen LogP contribution in [0.2, 0.25) is 0 Å². The molecule has 0 saturated carbocycles. The van der Waals surface area contributed by atoms with Crippen molar-refractivity contribution in [1.82, 2.24) is 4.90 Å². The molecule has 6 heteroatoms. The molecule has 0 bridgehead atoms. The third kappa shape index (κ3) is 5.10. The smallest absolute Gasteiger partial charge is 0.379 e. The van der Waals surface area contributed by atoms with Gasteiger partial charge in [0.05, 0.1) is 19.1 Å². The molecular formula is C13H22F3NO2. The van der Waals surface area contributed by atoms with Crippen molar-refractivity contribution in [3.8, 4) is 0 Å². The normalized spacial score (nSPS) is 25.2. The highest BCUT2D eigenvalue weighted by Crippen LogP contribution is 2.37. The number of Topliss-reactive ketones (excluding diaryl/α,β-unsaturated/α-hetero) is 1. The van der Waals surface area contributed by atoms with E-state index in [4.69, 9.17) is 4.74 Å². The third-order valence-electron chi connectivity index (χ3n) is 3.49. The molecule has 1 fully saturated rings. The number of alkyl halides is 3. The van der Waals surface area contributed by atoms with E-state index in [9.17, 15) is 18.0 Å². The summed E-state index contributed by atoms with van der Waals surface area (Å²) >= 11 is 0. The van der Waals surface area contributed by atoms with Gasteiger partial charge in [-0.3, -0.25) is 9.69 Å². The molecule has 0 spiro atoms. The maximum atomic E-state index is 12.8. The highest BCUT2D eigenvalue weighted by atomic mass is 19.4. The van der Waals surface area contributed by atoms with Crippen molar-refractivity contribution >= 4 is 5.78 Å². The molecule has 0 unspecified atom stereocenters. The minimum Gasteiger partial charge on any atom is -0.379 e. The Hall–Kier alpha value is -0.620. The molecule has 0 amide bonds. The molecule has 0 aliphatic carbocycles. The van der Waals surface area contributed by atoms with Crippen LogP contribution < -0.4 is 0 Å². The monoisotopic (exact) mass is 281 g/mol. The number of nitrogens with zero attached hydrogens (tertiary/aromatic N) is 1. The van der Waals surface area contributed by atoms with Gasteiger partial charge >= 0.3 is 6.18 Å².